The zero-order valence-electron chi connectivity index (χ0n) is 11.2. The van der Waals surface area contributed by atoms with Crippen molar-refractivity contribution in [1.82, 2.24) is 0 Å². The van der Waals surface area contributed by atoms with Gasteiger partial charge in [-0.15, -0.1) is 10.1 Å². The molecule has 0 N–H and O–H groups in total. The summed E-state index contributed by atoms with van der Waals surface area (Å²) in [6.45, 7) is 4.85. The van der Waals surface area contributed by atoms with E-state index in [1.54, 1.807) is 0 Å². The van der Waals surface area contributed by atoms with Crippen LogP contribution < -0.4 is 0 Å². The summed E-state index contributed by atoms with van der Waals surface area (Å²) in [6, 6.07) is 0. The first-order valence-electron chi connectivity index (χ1n) is 6.45. The Labute approximate surface area is 108 Å². The Morgan fingerprint density at radius 3 is 2.50 bits per heavy atom. The van der Waals surface area contributed by atoms with Gasteiger partial charge in [-0.2, -0.15) is 0 Å². The monoisotopic (exact) mass is 261 g/mol. The topological polar surface area (TPSA) is 78.7 Å². The zero-order chi connectivity index (χ0) is 13.8. The average molecular weight is 261 g/mol. The predicted octanol–water partition coefficient (Wildman–Crippen LogP) is 2.73. The number of ether oxygens (including phenoxy) is 1. The SMILES string of the molecule is CC(C)CCCOC(=O)CCCCCO[N+](=O)[O-]. The number of esters is 1. The van der Waals surface area contributed by atoms with Crippen molar-refractivity contribution in [3.05, 3.63) is 10.1 Å². The van der Waals surface area contributed by atoms with Crippen LogP contribution in [0.1, 0.15) is 52.4 Å². The van der Waals surface area contributed by atoms with Gasteiger partial charge in [-0.05, 0) is 31.6 Å². The van der Waals surface area contributed by atoms with Gasteiger partial charge in [0.05, 0.1) is 13.2 Å². The highest BCUT2D eigenvalue weighted by atomic mass is 16.9. The fourth-order valence-electron chi connectivity index (χ4n) is 1.44. The molecule has 0 aliphatic heterocycles. The Balaban J connectivity index is 3.24. The van der Waals surface area contributed by atoms with Crippen LogP contribution in [0, 0.1) is 16.0 Å². The van der Waals surface area contributed by atoms with Crippen molar-refractivity contribution in [2.75, 3.05) is 13.2 Å². The van der Waals surface area contributed by atoms with E-state index in [9.17, 15) is 14.9 Å². The Hall–Kier alpha value is -1.33. The molecular weight excluding hydrogens is 238 g/mol. The number of hydrogen-bond donors (Lipinski definition) is 0. The molecule has 0 rings (SSSR count). The van der Waals surface area contributed by atoms with Crippen LogP contribution >= 0.6 is 0 Å². The quantitative estimate of drug-likeness (QED) is 0.247. The standard InChI is InChI=1S/C12H23NO5/c1-11(2)7-6-9-17-12(14)8-4-3-5-10-18-13(15)16/h11H,3-10H2,1-2H3. The van der Waals surface area contributed by atoms with Gasteiger partial charge in [0.2, 0.25) is 0 Å². The molecule has 6 nitrogen and oxygen atoms in total. The molecule has 0 saturated heterocycles. The normalized spacial score (nSPS) is 10.4. The van der Waals surface area contributed by atoms with Gasteiger partial charge < -0.3 is 9.57 Å². The summed E-state index contributed by atoms with van der Waals surface area (Å²) < 4.78 is 5.06. The van der Waals surface area contributed by atoms with Crippen LogP contribution in [-0.4, -0.2) is 24.3 Å². The first kappa shape index (κ1) is 16.7. The summed E-state index contributed by atoms with van der Waals surface area (Å²) in [4.78, 5) is 25.3. The van der Waals surface area contributed by atoms with Gasteiger partial charge in [-0.1, -0.05) is 20.3 Å². The van der Waals surface area contributed by atoms with E-state index in [0.717, 1.165) is 19.3 Å². The van der Waals surface area contributed by atoms with E-state index in [2.05, 4.69) is 18.7 Å². The van der Waals surface area contributed by atoms with Crippen molar-refractivity contribution < 1.29 is 19.5 Å². The molecule has 0 aromatic carbocycles. The second-order valence-electron chi connectivity index (χ2n) is 4.62. The number of nitrogens with zero attached hydrogens (tertiary/aromatic N) is 1. The second-order valence-corrected chi connectivity index (χ2v) is 4.62. The molecule has 0 aromatic heterocycles. The minimum absolute atomic E-state index is 0.0937. The Kier molecular flexibility index (Phi) is 10.0. The van der Waals surface area contributed by atoms with E-state index in [1.165, 1.54) is 0 Å². The molecule has 0 atom stereocenters. The van der Waals surface area contributed by atoms with Crippen molar-refractivity contribution in [3.8, 4) is 0 Å². The second kappa shape index (κ2) is 10.8. The summed E-state index contributed by atoms with van der Waals surface area (Å²) in [5, 5.41) is 9.04. The maximum Gasteiger partial charge on any atom is 0.305 e. The number of carbonyl (C=O) groups excluding carboxylic acids is 1. The Morgan fingerprint density at radius 1 is 1.17 bits per heavy atom. The first-order valence-corrected chi connectivity index (χ1v) is 6.45. The fraction of sp³-hybridized carbons (Fsp3) is 0.917. The molecule has 6 heteroatoms. The lowest BCUT2D eigenvalue weighted by atomic mass is 10.1. The van der Waals surface area contributed by atoms with E-state index in [4.69, 9.17) is 4.74 Å². The van der Waals surface area contributed by atoms with Gasteiger partial charge in [-0.3, -0.25) is 4.79 Å². The van der Waals surface area contributed by atoms with Crippen LogP contribution in [0.3, 0.4) is 0 Å². The summed E-state index contributed by atoms with van der Waals surface area (Å²) in [5.74, 6) is 0.444. The molecule has 0 radical (unpaired) electrons. The van der Waals surface area contributed by atoms with Crippen molar-refractivity contribution in [2.24, 2.45) is 5.92 Å². The number of rotatable bonds is 11. The third kappa shape index (κ3) is 12.7. The van der Waals surface area contributed by atoms with Gasteiger partial charge in [0.15, 0.2) is 0 Å². The van der Waals surface area contributed by atoms with Gasteiger partial charge in [0, 0.05) is 6.42 Å². The minimum Gasteiger partial charge on any atom is -0.466 e. The maximum atomic E-state index is 11.3. The molecule has 0 bridgehead atoms. The van der Waals surface area contributed by atoms with E-state index < -0.39 is 5.09 Å². The largest absolute Gasteiger partial charge is 0.466 e. The lowest BCUT2D eigenvalue weighted by Gasteiger charge is -2.06. The van der Waals surface area contributed by atoms with Crippen molar-refractivity contribution in [1.29, 1.82) is 0 Å². The summed E-state index contributed by atoms with van der Waals surface area (Å²) in [5.41, 5.74) is 0. The number of unbranched alkanes of at least 4 members (excludes halogenated alkanes) is 2. The highest BCUT2D eigenvalue weighted by Gasteiger charge is 2.03. The van der Waals surface area contributed by atoms with E-state index in [1.807, 2.05) is 0 Å². The molecule has 106 valence electrons. The van der Waals surface area contributed by atoms with Crippen LogP contribution in [0.4, 0.5) is 0 Å². The van der Waals surface area contributed by atoms with E-state index in [0.29, 0.717) is 31.8 Å². The van der Waals surface area contributed by atoms with Crippen molar-refractivity contribution in [2.45, 2.75) is 52.4 Å². The molecule has 0 unspecified atom stereocenters. The molecule has 0 saturated carbocycles. The molecule has 0 fully saturated rings. The third-order valence-electron chi connectivity index (χ3n) is 2.41. The molecule has 0 amide bonds. The van der Waals surface area contributed by atoms with Crippen LogP contribution in [0.15, 0.2) is 0 Å². The molecule has 18 heavy (non-hydrogen) atoms. The molecule has 0 aromatic rings. The summed E-state index contributed by atoms with van der Waals surface area (Å²) in [6.07, 6.45) is 4.34. The minimum atomic E-state index is -0.803. The van der Waals surface area contributed by atoms with Crippen LogP contribution in [-0.2, 0) is 14.4 Å². The lowest BCUT2D eigenvalue weighted by molar-refractivity contribution is -0.757. The van der Waals surface area contributed by atoms with E-state index in [-0.39, 0.29) is 12.6 Å². The zero-order valence-corrected chi connectivity index (χ0v) is 11.2. The summed E-state index contributed by atoms with van der Waals surface area (Å²) >= 11 is 0. The lowest BCUT2D eigenvalue weighted by Crippen LogP contribution is -2.07. The van der Waals surface area contributed by atoms with Gasteiger partial charge in [0.1, 0.15) is 0 Å². The van der Waals surface area contributed by atoms with Crippen molar-refractivity contribution >= 4 is 5.97 Å². The van der Waals surface area contributed by atoms with Crippen LogP contribution in [0.25, 0.3) is 0 Å². The summed E-state index contributed by atoms with van der Waals surface area (Å²) in [7, 11) is 0. The van der Waals surface area contributed by atoms with E-state index >= 15 is 0 Å². The van der Waals surface area contributed by atoms with Gasteiger partial charge in [0.25, 0.3) is 5.09 Å². The Morgan fingerprint density at radius 2 is 1.89 bits per heavy atom. The maximum absolute atomic E-state index is 11.3. The van der Waals surface area contributed by atoms with Crippen molar-refractivity contribution in [3.63, 3.8) is 0 Å². The van der Waals surface area contributed by atoms with Crippen LogP contribution in [0.2, 0.25) is 0 Å². The predicted molar refractivity (Wildman–Crippen MR) is 66.4 cm³/mol. The fourth-order valence-corrected chi connectivity index (χ4v) is 1.44. The highest BCUT2D eigenvalue weighted by molar-refractivity contribution is 5.69. The number of carbonyl (C=O) groups is 1. The highest BCUT2D eigenvalue weighted by Crippen LogP contribution is 2.05. The molecule has 0 aliphatic rings. The van der Waals surface area contributed by atoms with Crippen LogP contribution in [0.5, 0.6) is 0 Å². The van der Waals surface area contributed by atoms with Gasteiger partial charge >= 0.3 is 5.97 Å². The Bertz CT molecular complexity index is 243. The van der Waals surface area contributed by atoms with Gasteiger partial charge in [-0.25, -0.2) is 0 Å². The third-order valence-corrected chi connectivity index (χ3v) is 2.41. The molecular formula is C12H23NO5. The smallest absolute Gasteiger partial charge is 0.305 e. The number of hydrogen-bond acceptors (Lipinski definition) is 5. The molecule has 0 spiro atoms. The first-order chi connectivity index (χ1) is 8.52. The molecule has 0 heterocycles. The molecule has 0 aliphatic carbocycles. The average Bonchev–Trinajstić information content (AvgIpc) is 2.28.